The highest BCUT2D eigenvalue weighted by atomic mass is 16.5. The van der Waals surface area contributed by atoms with E-state index in [0.29, 0.717) is 6.54 Å². The summed E-state index contributed by atoms with van der Waals surface area (Å²) in [4.78, 5) is 13.9. The highest BCUT2D eigenvalue weighted by Crippen LogP contribution is 2.31. The number of methoxy groups -OCH3 is 2. The van der Waals surface area contributed by atoms with Crippen LogP contribution < -0.4 is 19.7 Å². The number of rotatable bonds is 6. The van der Waals surface area contributed by atoms with Crippen molar-refractivity contribution in [1.82, 2.24) is 5.32 Å². The molecule has 2 N–H and O–H groups in total. The van der Waals surface area contributed by atoms with Crippen LogP contribution in [-0.2, 0) is 17.8 Å². The quantitative estimate of drug-likeness (QED) is 0.672. The standard InChI is InChI=1S/C23H26N2O4/c1-15(20-11-17-6-4-5-7-19(17)29-20)24-23(26)14-25-9-8-16-10-21(27-2)22(28-3)12-18(16)13-25/h4-7,10-12,15H,8-9,13-14H2,1-3H3,(H,24,26)/p+1/t15-/m0/s1. The third-order valence-corrected chi connectivity index (χ3v) is 5.55. The number of benzene rings is 2. The number of para-hydroxylation sites is 1. The van der Waals surface area contributed by atoms with E-state index >= 15 is 0 Å². The number of furan rings is 1. The van der Waals surface area contributed by atoms with Gasteiger partial charge in [0.15, 0.2) is 18.0 Å². The summed E-state index contributed by atoms with van der Waals surface area (Å²) in [6.07, 6.45) is 0.914. The van der Waals surface area contributed by atoms with E-state index in [-0.39, 0.29) is 11.9 Å². The minimum absolute atomic E-state index is 0.0249. The molecule has 0 saturated heterocycles. The molecule has 4 rings (SSSR count). The highest BCUT2D eigenvalue weighted by Gasteiger charge is 2.25. The van der Waals surface area contributed by atoms with Crippen LogP contribution >= 0.6 is 0 Å². The van der Waals surface area contributed by atoms with Crippen LogP contribution in [0.5, 0.6) is 11.5 Å². The summed E-state index contributed by atoms with van der Waals surface area (Å²) in [5.41, 5.74) is 3.32. The van der Waals surface area contributed by atoms with E-state index in [1.165, 1.54) is 16.0 Å². The van der Waals surface area contributed by atoms with Gasteiger partial charge in [-0.3, -0.25) is 4.79 Å². The zero-order valence-corrected chi connectivity index (χ0v) is 17.1. The SMILES string of the molecule is COc1cc2c(cc1OC)C[NH+](CC(=O)N[C@@H](C)c1cc3ccccc3o1)CC2. The maximum atomic E-state index is 12.6. The Balaban J connectivity index is 1.39. The highest BCUT2D eigenvalue weighted by molar-refractivity contribution is 5.79. The molecule has 152 valence electrons. The molecule has 1 unspecified atom stereocenters. The van der Waals surface area contributed by atoms with Crippen molar-refractivity contribution in [1.29, 1.82) is 0 Å². The van der Waals surface area contributed by atoms with Gasteiger partial charge in [0.05, 0.1) is 26.8 Å². The summed E-state index contributed by atoms with van der Waals surface area (Å²) in [5, 5.41) is 4.12. The predicted molar refractivity (Wildman–Crippen MR) is 110 cm³/mol. The number of hydrogen-bond donors (Lipinski definition) is 2. The van der Waals surface area contributed by atoms with E-state index in [1.807, 2.05) is 43.3 Å². The first-order valence-electron chi connectivity index (χ1n) is 9.92. The molecule has 29 heavy (non-hydrogen) atoms. The van der Waals surface area contributed by atoms with Crippen molar-refractivity contribution in [2.75, 3.05) is 27.3 Å². The average Bonchev–Trinajstić information content (AvgIpc) is 3.17. The lowest BCUT2D eigenvalue weighted by atomic mass is 9.99. The second-order valence-corrected chi connectivity index (χ2v) is 7.56. The monoisotopic (exact) mass is 395 g/mol. The second-order valence-electron chi connectivity index (χ2n) is 7.56. The van der Waals surface area contributed by atoms with Gasteiger partial charge in [-0.1, -0.05) is 18.2 Å². The van der Waals surface area contributed by atoms with Crippen molar-refractivity contribution in [2.45, 2.75) is 25.9 Å². The second kappa shape index (κ2) is 8.17. The molecule has 1 aliphatic rings. The zero-order chi connectivity index (χ0) is 20.4. The van der Waals surface area contributed by atoms with Gasteiger partial charge in [0.1, 0.15) is 17.9 Å². The van der Waals surface area contributed by atoms with Crippen molar-refractivity contribution < 1.29 is 23.6 Å². The van der Waals surface area contributed by atoms with Crippen LogP contribution in [0.1, 0.15) is 29.9 Å². The first-order valence-corrected chi connectivity index (χ1v) is 9.92. The van der Waals surface area contributed by atoms with Gasteiger partial charge in [-0.15, -0.1) is 0 Å². The van der Waals surface area contributed by atoms with Gasteiger partial charge in [-0.05, 0) is 36.8 Å². The minimum Gasteiger partial charge on any atom is -0.493 e. The number of fused-ring (bicyclic) bond motifs is 2. The molecule has 6 nitrogen and oxygen atoms in total. The molecular formula is C23H27N2O4+. The molecule has 0 fully saturated rings. The lowest BCUT2D eigenvalue weighted by molar-refractivity contribution is -0.908. The van der Waals surface area contributed by atoms with Gasteiger partial charge in [0.25, 0.3) is 5.91 Å². The lowest BCUT2D eigenvalue weighted by Gasteiger charge is -2.26. The van der Waals surface area contributed by atoms with Gasteiger partial charge in [0.2, 0.25) is 0 Å². The molecule has 1 aliphatic heterocycles. The number of nitrogens with one attached hydrogen (secondary N) is 2. The van der Waals surface area contributed by atoms with Crippen LogP contribution in [0.15, 0.2) is 46.9 Å². The molecule has 0 aliphatic carbocycles. The van der Waals surface area contributed by atoms with E-state index in [0.717, 1.165) is 47.7 Å². The molecule has 0 spiro atoms. The Bertz CT molecular complexity index is 994. The number of ether oxygens (including phenoxy) is 2. The van der Waals surface area contributed by atoms with Gasteiger partial charge in [-0.2, -0.15) is 0 Å². The maximum absolute atomic E-state index is 12.6. The summed E-state index contributed by atoms with van der Waals surface area (Å²) in [7, 11) is 3.29. The Morgan fingerprint density at radius 1 is 1.14 bits per heavy atom. The molecule has 6 heteroatoms. The molecule has 3 aromatic rings. The van der Waals surface area contributed by atoms with Crippen molar-refractivity contribution >= 4 is 16.9 Å². The van der Waals surface area contributed by atoms with E-state index in [4.69, 9.17) is 13.9 Å². The van der Waals surface area contributed by atoms with Crippen LogP contribution in [0.25, 0.3) is 11.0 Å². The number of quaternary nitrogens is 1. The van der Waals surface area contributed by atoms with Crippen molar-refractivity contribution in [2.24, 2.45) is 0 Å². The molecule has 1 aromatic heterocycles. The number of carbonyl (C=O) groups excluding carboxylic acids is 1. The van der Waals surface area contributed by atoms with Crippen LogP contribution in [0.4, 0.5) is 0 Å². The zero-order valence-electron chi connectivity index (χ0n) is 17.1. The molecule has 0 saturated carbocycles. The number of hydrogen-bond acceptors (Lipinski definition) is 4. The Morgan fingerprint density at radius 3 is 2.59 bits per heavy atom. The van der Waals surface area contributed by atoms with Crippen LogP contribution in [0, 0.1) is 0 Å². The van der Waals surface area contributed by atoms with Crippen molar-refractivity contribution in [3.8, 4) is 11.5 Å². The summed E-state index contributed by atoms with van der Waals surface area (Å²) >= 11 is 0. The summed E-state index contributed by atoms with van der Waals surface area (Å²) in [6.45, 7) is 4.09. The fraction of sp³-hybridized carbons (Fsp3) is 0.348. The largest absolute Gasteiger partial charge is 0.493 e. The summed E-state index contributed by atoms with van der Waals surface area (Å²) in [6, 6.07) is 13.8. The fourth-order valence-corrected chi connectivity index (χ4v) is 3.99. The Kier molecular flexibility index (Phi) is 5.45. The molecule has 2 aromatic carbocycles. The average molecular weight is 395 g/mol. The topological polar surface area (TPSA) is 65.1 Å². The third kappa shape index (κ3) is 4.07. The number of amides is 1. The smallest absolute Gasteiger partial charge is 0.275 e. The normalized spacial score (nSPS) is 16.9. The lowest BCUT2D eigenvalue weighted by Crippen LogP contribution is -3.12. The van der Waals surface area contributed by atoms with E-state index in [2.05, 4.69) is 11.4 Å². The molecule has 2 atom stereocenters. The van der Waals surface area contributed by atoms with Crippen LogP contribution in [-0.4, -0.2) is 33.2 Å². The minimum atomic E-state index is -0.171. The number of carbonyl (C=O) groups is 1. The molecule has 1 amide bonds. The van der Waals surface area contributed by atoms with E-state index in [9.17, 15) is 4.79 Å². The van der Waals surface area contributed by atoms with E-state index < -0.39 is 0 Å². The van der Waals surface area contributed by atoms with E-state index in [1.54, 1.807) is 14.2 Å². The molecule has 0 radical (unpaired) electrons. The Labute approximate surface area is 170 Å². The molecular weight excluding hydrogens is 368 g/mol. The van der Waals surface area contributed by atoms with Gasteiger partial charge in [0, 0.05) is 17.4 Å². The van der Waals surface area contributed by atoms with Crippen molar-refractivity contribution in [3.05, 3.63) is 59.4 Å². The van der Waals surface area contributed by atoms with Crippen LogP contribution in [0.2, 0.25) is 0 Å². The van der Waals surface area contributed by atoms with Gasteiger partial charge in [-0.25, -0.2) is 0 Å². The predicted octanol–water partition coefficient (Wildman–Crippen LogP) is 2.27. The Morgan fingerprint density at radius 2 is 1.86 bits per heavy atom. The van der Waals surface area contributed by atoms with Crippen molar-refractivity contribution in [3.63, 3.8) is 0 Å². The Hall–Kier alpha value is -2.99. The summed E-state index contributed by atoms with van der Waals surface area (Å²) < 4.78 is 16.7. The first-order chi connectivity index (χ1) is 14.1. The maximum Gasteiger partial charge on any atom is 0.275 e. The molecule has 0 bridgehead atoms. The van der Waals surface area contributed by atoms with Gasteiger partial charge >= 0.3 is 0 Å². The summed E-state index contributed by atoms with van der Waals surface area (Å²) in [5.74, 6) is 2.29. The van der Waals surface area contributed by atoms with Gasteiger partial charge < -0.3 is 24.1 Å². The fourth-order valence-electron chi connectivity index (χ4n) is 3.99. The molecule has 2 heterocycles. The van der Waals surface area contributed by atoms with Crippen LogP contribution in [0.3, 0.4) is 0 Å². The third-order valence-electron chi connectivity index (χ3n) is 5.55. The first kappa shape index (κ1) is 19.3.